The van der Waals surface area contributed by atoms with Gasteiger partial charge in [0.15, 0.2) is 0 Å². The van der Waals surface area contributed by atoms with Crippen molar-refractivity contribution in [3.8, 4) is 0 Å². The standard InChI is InChI=1S/C19H20N2O/c1-14-7-8-16-12-17(19(22)21-18(16)11-14)13-20-10-9-15-5-3-2-4-6-15/h2-8,11-12,20H,9-10,13H2,1H3,(H,21,22). The van der Waals surface area contributed by atoms with Crippen molar-refractivity contribution in [2.45, 2.75) is 19.9 Å². The van der Waals surface area contributed by atoms with Crippen LogP contribution in [0.4, 0.5) is 0 Å². The number of benzene rings is 2. The molecule has 1 aromatic heterocycles. The highest BCUT2D eigenvalue weighted by Gasteiger charge is 2.03. The Morgan fingerprint density at radius 3 is 2.68 bits per heavy atom. The van der Waals surface area contributed by atoms with Crippen molar-refractivity contribution in [2.24, 2.45) is 0 Å². The van der Waals surface area contributed by atoms with E-state index in [9.17, 15) is 4.79 Å². The Kier molecular flexibility index (Phi) is 4.35. The van der Waals surface area contributed by atoms with Crippen LogP contribution in [0.3, 0.4) is 0 Å². The van der Waals surface area contributed by atoms with Gasteiger partial charge in [0.25, 0.3) is 5.56 Å². The summed E-state index contributed by atoms with van der Waals surface area (Å²) in [5.74, 6) is 0. The molecule has 0 aliphatic carbocycles. The zero-order valence-electron chi connectivity index (χ0n) is 12.7. The van der Waals surface area contributed by atoms with Crippen LogP contribution in [0, 0.1) is 6.92 Å². The molecule has 0 bridgehead atoms. The summed E-state index contributed by atoms with van der Waals surface area (Å²) in [6, 6.07) is 18.4. The van der Waals surface area contributed by atoms with Gasteiger partial charge in [0.05, 0.1) is 0 Å². The summed E-state index contributed by atoms with van der Waals surface area (Å²) in [4.78, 5) is 15.1. The van der Waals surface area contributed by atoms with Crippen LogP contribution < -0.4 is 10.9 Å². The average molecular weight is 292 g/mol. The molecule has 0 spiro atoms. The molecule has 0 saturated carbocycles. The molecule has 1 heterocycles. The molecule has 0 aliphatic heterocycles. The van der Waals surface area contributed by atoms with Crippen molar-refractivity contribution in [2.75, 3.05) is 6.54 Å². The number of rotatable bonds is 5. The summed E-state index contributed by atoms with van der Waals surface area (Å²) >= 11 is 0. The molecule has 0 radical (unpaired) electrons. The highest BCUT2D eigenvalue weighted by Crippen LogP contribution is 2.12. The lowest BCUT2D eigenvalue weighted by Gasteiger charge is -2.06. The van der Waals surface area contributed by atoms with Gasteiger partial charge < -0.3 is 10.3 Å². The number of hydrogen-bond donors (Lipinski definition) is 2. The topological polar surface area (TPSA) is 44.9 Å². The van der Waals surface area contributed by atoms with Crippen LogP contribution in [0.2, 0.25) is 0 Å². The first-order valence-electron chi connectivity index (χ1n) is 7.59. The van der Waals surface area contributed by atoms with E-state index >= 15 is 0 Å². The third-order valence-electron chi connectivity index (χ3n) is 3.83. The number of nitrogens with one attached hydrogen (secondary N) is 2. The molecular formula is C19H20N2O. The van der Waals surface area contributed by atoms with Gasteiger partial charge >= 0.3 is 0 Å². The Bertz CT molecular complexity index is 822. The van der Waals surface area contributed by atoms with Crippen molar-refractivity contribution >= 4 is 10.9 Å². The van der Waals surface area contributed by atoms with Crippen LogP contribution in [-0.2, 0) is 13.0 Å². The third-order valence-corrected chi connectivity index (χ3v) is 3.83. The Labute approximate surface area is 130 Å². The first-order valence-corrected chi connectivity index (χ1v) is 7.59. The van der Waals surface area contributed by atoms with Crippen LogP contribution >= 0.6 is 0 Å². The highest BCUT2D eigenvalue weighted by atomic mass is 16.1. The first kappa shape index (κ1) is 14.5. The number of pyridine rings is 1. The van der Waals surface area contributed by atoms with E-state index in [1.54, 1.807) is 0 Å². The van der Waals surface area contributed by atoms with Crippen LogP contribution in [0.1, 0.15) is 16.7 Å². The number of fused-ring (bicyclic) bond motifs is 1. The Morgan fingerprint density at radius 1 is 1.05 bits per heavy atom. The molecule has 3 heteroatoms. The van der Waals surface area contributed by atoms with E-state index in [1.165, 1.54) is 5.56 Å². The lowest BCUT2D eigenvalue weighted by molar-refractivity contribution is 0.683. The quantitative estimate of drug-likeness (QED) is 0.709. The fourth-order valence-corrected chi connectivity index (χ4v) is 2.59. The zero-order chi connectivity index (χ0) is 15.4. The molecule has 2 N–H and O–H groups in total. The summed E-state index contributed by atoms with van der Waals surface area (Å²) < 4.78 is 0. The maximum absolute atomic E-state index is 12.1. The zero-order valence-corrected chi connectivity index (χ0v) is 12.7. The Balaban J connectivity index is 1.65. The minimum absolute atomic E-state index is 0.00897. The van der Waals surface area contributed by atoms with Crippen molar-refractivity contribution in [3.05, 3.63) is 81.6 Å². The van der Waals surface area contributed by atoms with E-state index < -0.39 is 0 Å². The van der Waals surface area contributed by atoms with Gasteiger partial charge in [-0.1, -0.05) is 42.5 Å². The van der Waals surface area contributed by atoms with Crippen LogP contribution in [-0.4, -0.2) is 11.5 Å². The largest absolute Gasteiger partial charge is 0.322 e. The van der Waals surface area contributed by atoms with Gasteiger partial charge in [0.1, 0.15) is 0 Å². The normalized spacial score (nSPS) is 11.0. The van der Waals surface area contributed by atoms with E-state index in [2.05, 4.69) is 28.5 Å². The molecule has 0 aliphatic rings. The van der Waals surface area contributed by atoms with Crippen LogP contribution in [0.5, 0.6) is 0 Å². The molecule has 0 unspecified atom stereocenters. The fourth-order valence-electron chi connectivity index (χ4n) is 2.59. The van der Waals surface area contributed by atoms with Crippen molar-refractivity contribution in [1.29, 1.82) is 0 Å². The van der Waals surface area contributed by atoms with E-state index in [0.717, 1.165) is 35.0 Å². The number of aromatic nitrogens is 1. The third kappa shape index (κ3) is 3.43. The first-order chi connectivity index (χ1) is 10.7. The Morgan fingerprint density at radius 2 is 1.86 bits per heavy atom. The second-order valence-electron chi connectivity index (χ2n) is 5.63. The predicted molar refractivity (Wildman–Crippen MR) is 91.2 cm³/mol. The average Bonchev–Trinajstić information content (AvgIpc) is 2.53. The predicted octanol–water partition coefficient (Wildman–Crippen LogP) is 3.17. The minimum Gasteiger partial charge on any atom is -0.322 e. The van der Waals surface area contributed by atoms with Gasteiger partial charge in [-0.2, -0.15) is 0 Å². The van der Waals surface area contributed by atoms with E-state index in [0.29, 0.717) is 6.54 Å². The van der Waals surface area contributed by atoms with Gasteiger partial charge in [-0.15, -0.1) is 0 Å². The molecular weight excluding hydrogens is 272 g/mol. The van der Waals surface area contributed by atoms with E-state index in [1.807, 2.05) is 43.3 Å². The van der Waals surface area contributed by atoms with Crippen molar-refractivity contribution in [1.82, 2.24) is 10.3 Å². The van der Waals surface area contributed by atoms with Crippen molar-refractivity contribution in [3.63, 3.8) is 0 Å². The smallest absolute Gasteiger partial charge is 0.252 e. The summed E-state index contributed by atoms with van der Waals surface area (Å²) in [6.45, 7) is 3.47. The summed E-state index contributed by atoms with van der Waals surface area (Å²) in [5.41, 5.74) is 4.13. The second kappa shape index (κ2) is 6.58. The lowest BCUT2D eigenvalue weighted by atomic mass is 10.1. The second-order valence-corrected chi connectivity index (χ2v) is 5.63. The fraction of sp³-hybridized carbons (Fsp3) is 0.211. The highest BCUT2D eigenvalue weighted by molar-refractivity contribution is 5.79. The maximum atomic E-state index is 12.1. The number of aromatic amines is 1. The van der Waals surface area contributed by atoms with Crippen LogP contribution in [0.25, 0.3) is 10.9 Å². The minimum atomic E-state index is -0.00897. The lowest BCUT2D eigenvalue weighted by Crippen LogP contribution is -2.22. The van der Waals surface area contributed by atoms with Crippen molar-refractivity contribution < 1.29 is 0 Å². The van der Waals surface area contributed by atoms with E-state index in [-0.39, 0.29) is 5.56 Å². The van der Waals surface area contributed by atoms with Gasteiger partial charge in [0, 0.05) is 17.6 Å². The summed E-state index contributed by atoms with van der Waals surface area (Å²) in [5, 5.41) is 4.42. The van der Waals surface area contributed by atoms with Gasteiger partial charge in [0.2, 0.25) is 0 Å². The van der Waals surface area contributed by atoms with E-state index in [4.69, 9.17) is 0 Å². The molecule has 3 nitrogen and oxygen atoms in total. The molecule has 3 aromatic rings. The molecule has 22 heavy (non-hydrogen) atoms. The SMILES string of the molecule is Cc1ccc2cc(CNCCc3ccccc3)c(=O)[nH]c2c1. The van der Waals surface area contributed by atoms with Gasteiger partial charge in [-0.05, 0) is 48.5 Å². The maximum Gasteiger partial charge on any atom is 0.252 e. The molecule has 0 amide bonds. The molecule has 0 saturated heterocycles. The summed E-state index contributed by atoms with van der Waals surface area (Å²) in [7, 11) is 0. The molecule has 2 aromatic carbocycles. The molecule has 0 fully saturated rings. The monoisotopic (exact) mass is 292 g/mol. The van der Waals surface area contributed by atoms with Gasteiger partial charge in [-0.3, -0.25) is 4.79 Å². The number of hydrogen-bond acceptors (Lipinski definition) is 2. The summed E-state index contributed by atoms with van der Waals surface area (Å²) in [6.07, 6.45) is 0.964. The molecule has 3 rings (SSSR count). The molecule has 112 valence electrons. The van der Waals surface area contributed by atoms with Gasteiger partial charge in [-0.25, -0.2) is 0 Å². The van der Waals surface area contributed by atoms with Crippen LogP contribution in [0.15, 0.2) is 59.4 Å². The Hall–Kier alpha value is -2.39. The molecule has 0 atom stereocenters. The number of aryl methyl sites for hydroxylation is 1. The number of H-pyrrole nitrogens is 1.